The van der Waals surface area contributed by atoms with Crippen molar-refractivity contribution in [3.63, 3.8) is 0 Å². The highest BCUT2D eigenvalue weighted by molar-refractivity contribution is 6.35. The fraction of sp³-hybridized carbons (Fsp3) is 0.250. The second-order valence-electron chi connectivity index (χ2n) is 6.58. The number of halogens is 1. The van der Waals surface area contributed by atoms with Crippen LogP contribution in [-0.2, 0) is 11.8 Å². The summed E-state index contributed by atoms with van der Waals surface area (Å²) in [4.78, 5) is 26.0. The number of amides is 3. The summed E-state index contributed by atoms with van der Waals surface area (Å²) in [7, 11) is 1.78. The highest BCUT2D eigenvalue weighted by atomic mass is 35.5. The van der Waals surface area contributed by atoms with Gasteiger partial charge in [0.25, 0.3) is 5.91 Å². The summed E-state index contributed by atoms with van der Waals surface area (Å²) in [5, 5.41) is 10.2. The second kappa shape index (κ2) is 8.31. The molecule has 2 heterocycles. The molecular formula is C20H22ClN5O2. The van der Waals surface area contributed by atoms with Gasteiger partial charge >= 0.3 is 6.03 Å². The standard InChI is InChI=1S/C20H22ClN5O2/c1-13(14(2)21)19(27)22-16-8-6-15(7-9-16)17-12-18(25(3)24-17)23-20(28)26-10-4-5-11-26/h6-9,12H,1-2,4-5,10-11H2,3H3,(H,22,27)(H,23,28). The maximum absolute atomic E-state index is 12.3. The van der Waals surface area contributed by atoms with Gasteiger partial charge in [0.05, 0.1) is 11.3 Å². The zero-order valence-corrected chi connectivity index (χ0v) is 16.4. The minimum Gasteiger partial charge on any atom is -0.324 e. The molecule has 0 aliphatic carbocycles. The van der Waals surface area contributed by atoms with Gasteiger partial charge in [-0.05, 0) is 25.0 Å². The first kappa shape index (κ1) is 19.7. The summed E-state index contributed by atoms with van der Waals surface area (Å²) in [6, 6.07) is 8.90. The van der Waals surface area contributed by atoms with Gasteiger partial charge in [-0.2, -0.15) is 5.10 Å². The molecule has 0 spiro atoms. The van der Waals surface area contributed by atoms with Crippen LogP contribution in [-0.4, -0.2) is 39.7 Å². The maximum Gasteiger partial charge on any atom is 0.322 e. The first-order chi connectivity index (χ1) is 13.3. The number of aryl methyl sites for hydroxylation is 1. The molecule has 1 aliphatic heterocycles. The molecular weight excluding hydrogens is 378 g/mol. The van der Waals surface area contributed by atoms with E-state index in [1.165, 1.54) is 0 Å². The number of aromatic nitrogens is 2. The van der Waals surface area contributed by atoms with Gasteiger partial charge in [0, 0.05) is 42.5 Å². The lowest BCUT2D eigenvalue weighted by Gasteiger charge is -2.15. The number of urea groups is 1. The topological polar surface area (TPSA) is 79.3 Å². The van der Waals surface area contributed by atoms with E-state index < -0.39 is 5.91 Å². The van der Waals surface area contributed by atoms with Gasteiger partial charge in [-0.1, -0.05) is 36.9 Å². The molecule has 0 unspecified atom stereocenters. The van der Waals surface area contributed by atoms with Crippen molar-refractivity contribution in [3.8, 4) is 11.3 Å². The molecule has 1 aromatic heterocycles. The lowest BCUT2D eigenvalue weighted by molar-refractivity contribution is -0.112. The van der Waals surface area contributed by atoms with Crippen molar-refractivity contribution in [1.29, 1.82) is 0 Å². The number of rotatable bonds is 5. The summed E-state index contributed by atoms with van der Waals surface area (Å²) in [5.74, 6) is 0.221. The van der Waals surface area contributed by atoms with Gasteiger partial charge in [0.1, 0.15) is 5.82 Å². The Labute approximate surface area is 168 Å². The average molecular weight is 400 g/mol. The molecule has 1 saturated heterocycles. The molecule has 2 aromatic rings. The van der Waals surface area contributed by atoms with Crippen LogP contribution in [0.4, 0.5) is 16.3 Å². The number of benzene rings is 1. The van der Waals surface area contributed by atoms with E-state index in [2.05, 4.69) is 28.9 Å². The van der Waals surface area contributed by atoms with Crippen LogP contribution in [0.5, 0.6) is 0 Å². The van der Waals surface area contributed by atoms with Crippen molar-refractivity contribution in [1.82, 2.24) is 14.7 Å². The molecule has 28 heavy (non-hydrogen) atoms. The van der Waals surface area contributed by atoms with Crippen molar-refractivity contribution in [3.05, 3.63) is 54.1 Å². The van der Waals surface area contributed by atoms with Crippen LogP contribution in [0.2, 0.25) is 0 Å². The van der Waals surface area contributed by atoms with Crippen LogP contribution in [0.3, 0.4) is 0 Å². The monoisotopic (exact) mass is 399 g/mol. The van der Waals surface area contributed by atoms with Crippen molar-refractivity contribution in [2.45, 2.75) is 12.8 Å². The number of hydrogen-bond acceptors (Lipinski definition) is 3. The zero-order chi connectivity index (χ0) is 20.3. The lowest BCUT2D eigenvalue weighted by Crippen LogP contribution is -2.32. The number of likely N-dealkylation sites (tertiary alicyclic amines) is 1. The fourth-order valence-electron chi connectivity index (χ4n) is 2.89. The summed E-state index contributed by atoms with van der Waals surface area (Å²) >= 11 is 5.69. The van der Waals surface area contributed by atoms with Gasteiger partial charge < -0.3 is 10.2 Å². The normalized spacial score (nSPS) is 13.3. The molecule has 2 N–H and O–H groups in total. The van der Waals surface area contributed by atoms with E-state index in [1.807, 2.05) is 18.2 Å². The third-order valence-electron chi connectivity index (χ3n) is 4.55. The van der Waals surface area contributed by atoms with Crippen molar-refractivity contribution >= 4 is 35.0 Å². The molecule has 7 nitrogen and oxygen atoms in total. The minimum absolute atomic E-state index is 0.103. The summed E-state index contributed by atoms with van der Waals surface area (Å²) in [6.07, 6.45) is 2.08. The highest BCUT2D eigenvalue weighted by Crippen LogP contribution is 2.24. The Morgan fingerprint density at radius 1 is 1.11 bits per heavy atom. The minimum atomic E-state index is -0.405. The number of nitrogens with one attached hydrogen (secondary N) is 2. The van der Waals surface area contributed by atoms with E-state index in [4.69, 9.17) is 11.6 Å². The smallest absolute Gasteiger partial charge is 0.322 e. The van der Waals surface area contributed by atoms with Crippen LogP contribution in [0.1, 0.15) is 12.8 Å². The Morgan fingerprint density at radius 3 is 2.36 bits per heavy atom. The Kier molecular flexibility index (Phi) is 5.84. The molecule has 0 saturated carbocycles. The quantitative estimate of drug-likeness (QED) is 0.590. The maximum atomic E-state index is 12.3. The van der Waals surface area contributed by atoms with Crippen LogP contribution < -0.4 is 10.6 Å². The highest BCUT2D eigenvalue weighted by Gasteiger charge is 2.19. The fourth-order valence-corrected chi connectivity index (χ4v) is 2.97. The third-order valence-corrected chi connectivity index (χ3v) is 4.78. The molecule has 0 atom stereocenters. The van der Waals surface area contributed by atoms with Gasteiger partial charge in [0.15, 0.2) is 0 Å². The van der Waals surface area contributed by atoms with E-state index in [9.17, 15) is 9.59 Å². The van der Waals surface area contributed by atoms with E-state index in [-0.39, 0.29) is 16.6 Å². The molecule has 3 rings (SSSR count). The van der Waals surface area contributed by atoms with Crippen LogP contribution in [0, 0.1) is 0 Å². The van der Waals surface area contributed by atoms with Gasteiger partial charge in [-0.15, -0.1) is 0 Å². The molecule has 0 radical (unpaired) electrons. The predicted molar refractivity (Wildman–Crippen MR) is 111 cm³/mol. The third kappa shape index (κ3) is 4.43. The number of anilines is 2. The Bertz CT molecular complexity index is 927. The van der Waals surface area contributed by atoms with Crippen LogP contribution in [0.25, 0.3) is 11.3 Å². The molecule has 146 valence electrons. The molecule has 1 aliphatic rings. The number of nitrogens with zero attached hydrogens (tertiary/aromatic N) is 3. The molecule has 8 heteroatoms. The van der Waals surface area contributed by atoms with E-state index in [1.54, 1.807) is 28.8 Å². The number of carbonyl (C=O) groups excluding carboxylic acids is 2. The Balaban J connectivity index is 1.68. The first-order valence-electron chi connectivity index (χ1n) is 8.90. The van der Waals surface area contributed by atoms with Crippen molar-refractivity contribution in [2.75, 3.05) is 23.7 Å². The van der Waals surface area contributed by atoms with E-state index >= 15 is 0 Å². The molecule has 1 fully saturated rings. The van der Waals surface area contributed by atoms with E-state index in [0.29, 0.717) is 11.5 Å². The van der Waals surface area contributed by atoms with Gasteiger partial charge in [0.2, 0.25) is 0 Å². The van der Waals surface area contributed by atoms with Gasteiger partial charge in [-0.3, -0.25) is 14.8 Å². The molecule has 1 aromatic carbocycles. The van der Waals surface area contributed by atoms with Crippen LogP contribution in [0.15, 0.2) is 54.1 Å². The number of carbonyl (C=O) groups is 2. The first-order valence-corrected chi connectivity index (χ1v) is 9.28. The summed E-state index contributed by atoms with van der Waals surface area (Å²) in [5.41, 5.74) is 2.30. The molecule has 3 amide bonds. The Morgan fingerprint density at radius 2 is 1.75 bits per heavy atom. The second-order valence-corrected chi connectivity index (χ2v) is 7.03. The summed E-state index contributed by atoms with van der Waals surface area (Å²) < 4.78 is 1.63. The van der Waals surface area contributed by atoms with E-state index in [0.717, 1.165) is 37.2 Å². The molecule has 0 bridgehead atoms. The SMILES string of the molecule is C=C(Cl)C(=C)C(=O)Nc1ccc(-c2cc(NC(=O)N3CCCC3)n(C)n2)cc1. The number of hydrogen-bond donors (Lipinski definition) is 2. The Hall–Kier alpha value is -3.06. The predicted octanol–water partition coefficient (Wildman–Crippen LogP) is 3.96. The summed E-state index contributed by atoms with van der Waals surface area (Å²) in [6.45, 7) is 8.64. The van der Waals surface area contributed by atoms with Gasteiger partial charge in [-0.25, -0.2) is 4.79 Å². The average Bonchev–Trinajstić information content (AvgIpc) is 3.32. The van der Waals surface area contributed by atoms with Crippen molar-refractivity contribution in [2.24, 2.45) is 7.05 Å². The van der Waals surface area contributed by atoms with Crippen LogP contribution >= 0.6 is 11.6 Å². The largest absolute Gasteiger partial charge is 0.324 e. The zero-order valence-electron chi connectivity index (χ0n) is 15.7. The van der Waals surface area contributed by atoms with Crippen molar-refractivity contribution < 1.29 is 9.59 Å². The lowest BCUT2D eigenvalue weighted by atomic mass is 10.1.